The number of hydrogen-bond donors (Lipinski definition) is 1. The molecule has 2 rings (SSSR count). The van der Waals surface area contributed by atoms with E-state index < -0.39 is 5.60 Å². The van der Waals surface area contributed by atoms with E-state index in [2.05, 4.69) is 15.2 Å². The molecule has 1 atom stereocenters. The Labute approximate surface area is 191 Å². The van der Waals surface area contributed by atoms with Crippen LogP contribution in [0.1, 0.15) is 59.8 Å². The summed E-state index contributed by atoms with van der Waals surface area (Å²) in [7, 11) is 0. The molecule has 0 aliphatic carbocycles. The van der Waals surface area contributed by atoms with Crippen molar-refractivity contribution in [2.45, 2.75) is 71.4 Å². The molecule has 1 saturated heterocycles. The maximum atomic E-state index is 12.3. The van der Waals surface area contributed by atoms with Crippen LogP contribution in [0, 0.1) is 0 Å². The minimum absolute atomic E-state index is 0. The van der Waals surface area contributed by atoms with Gasteiger partial charge in [0.25, 0.3) is 0 Å². The van der Waals surface area contributed by atoms with Crippen molar-refractivity contribution in [1.82, 2.24) is 15.1 Å². The van der Waals surface area contributed by atoms with Crippen molar-refractivity contribution in [3.05, 3.63) is 0 Å². The summed E-state index contributed by atoms with van der Waals surface area (Å²) in [6.07, 6.45) is 4.31. The average Bonchev–Trinajstić information content (AvgIpc) is 3.02. The Morgan fingerprint density at radius 3 is 2.59 bits per heavy atom. The Kier molecular flexibility index (Phi) is 11.1. The number of halogens is 1. The number of ether oxygens (including phenoxy) is 2. The quantitative estimate of drug-likeness (QED) is 0.299. The van der Waals surface area contributed by atoms with Crippen molar-refractivity contribution < 1.29 is 19.1 Å². The van der Waals surface area contributed by atoms with Gasteiger partial charge in [0, 0.05) is 32.6 Å². The van der Waals surface area contributed by atoms with Crippen LogP contribution in [0.15, 0.2) is 4.99 Å². The van der Waals surface area contributed by atoms with Gasteiger partial charge in [-0.05, 0) is 40.5 Å². The molecule has 0 aromatic carbocycles. The molecule has 1 amide bonds. The lowest BCUT2D eigenvalue weighted by Gasteiger charge is -2.39. The maximum Gasteiger partial charge on any atom is 0.410 e. The summed E-state index contributed by atoms with van der Waals surface area (Å²) in [6.45, 7) is 11.6. The first-order valence-corrected chi connectivity index (χ1v) is 10.5. The molecule has 2 aliphatic heterocycles. The van der Waals surface area contributed by atoms with E-state index in [0.717, 1.165) is 44.7 Å². The van der Waals surface area contributed by atoms with Crippen LogP contribution in [0.4, 0.5) is 4.79 Å². The van der Waals surface area contributed by atoms with E-state index in [1.54, 1.807) is 4.90 Å². The van der Waals surface area contributed by atoms with E-state index in [1.807, 2.05) is 27.7 Å². The first-order valence-electron chi connectivity index (χ1n) is 10.5. The molecule has 0 spiro atoms. The van der Waals surface area contributed by atoms with E-state index in [1.165, 1.54) is 0 Å². The summed E-state index contributed by atoms with van der Waals surface area (Å²) in [5, 5.41) is 3.43. The molecule has 0 radical (unpaired) electrons. The highest BCUT2D eigenvalue weighted by Crippen LogP contribution is 2.18. The second kappa shape index (κ2) is 12.4. The summed E-state index contributed by atoms with van der Waals surface area (Å²) in [5.74, 6) is 0.845. The summed E-state index contributed by atoms with van der Waals surface area (Å²) in [5.41, 5.74) is -0.469. The van der Waals surface area contributed by atoms with Crippen molar-refractivity contribution in [2.75, 3.05) is 39.3 Å². The van der Waals surface area contributed by atoms with Crippen LogP contribution >= 0.6 is 24.0 Å². The van der Waals surface area contributed by atoms with Crippen LogP contribution in [-0.2, 0) is 14.3 Å². The molecule has 0 aromatic rings. The number of hydrogen-bond acceptors (Lipinski definition) is 7. The monoisotopic (exact) mass is 524 g/mol. The third-order valence-electron chi connectivity index (χ3n) is 4.75. The Balaban J connectivity index is 0.00000420. The summed E-state index contributed by atoms with van der Waals surface area (Å²) in [6, 6.07) is 0.230. The third-order valence-corrected chi connectivity index (χ3v) is 4.75. The second-order valence-electron chi connectivity index (χ2n) is 8.33. The molecule has 1 N–H and O–H groups in total. The minimum atomic E-state index is -0.469. The number of piperazine rings is 1. The molecule has 8 nitrogen and oxygen atoms in total. The molecule has 2 heterocycles. The molecule has 0 saturated carbocycles. The number of esters is 1. The van der Waals surface area contributed by atoms with Crippen molar-refractivity contribution in [1.29, 1.82) is 0 Å². The number of unbranched alkanes of at least 4 members (excludes halogenated alkanes) is 3. The van der Waals surface area contributed by atoms with E-state index >= 15 is 0 Å². The van der Waals surface area contributed by atoms with E-state index in [4.69, 9.17) is 9.47 Å². The Bertz CT molecular complexity index is 565. The molecule has 2 aliphatic rings. The van der Waals surface area contributed by atoms with Gasteiger partial charge in [0.15, 0.2) is 5.96 Å². The second-order valence-corrected chi connectivity index (χ2v) is 8.33. The zero-order chi connectivity index (χ0) is 20.6. The molecule has 29 heavy (non-hydrogen) atoms. The first-order chi connectivity index (χ1) is 13.3. The zero-order valence-corrected chi connectivity index (χ0v) is 20.6. The SMILES string of the molecule is CCOC(=O)CCCCCCNC1=NCC2CN(C(=O)OC(C)(C)C)CCN12.I. The number of amides is 1. The van der Waals surface area contributed by atoms with Crippen LogP contribution in [0.5, 0.6) is 0 Å². The molecule has 9 heteroatoms. The van der Waals surface area contributed by atoms with Gasteiger partial charge in [0.2, 0.25) is 0 Å². The van der Waals surface area contributed by atoms with Gasteiger partial charge in [0.1, 0.15) is 5.60 Å². The van der Waals surface area contributed by atoms with Crippen LogP contribution in [0.3, 0.4) is 0 Å². The molecule has 0 bridgehead atoms. The topological polar surface area (TPSA) is 83.5 Å². The van der Waals surface area contributed by atoms with Crippen molar-refractivity contribution >= 4 is 42.0 Å². The van der Waals surface area contributed by atoms with Gasteiger partial charge in [-0.15, -0.1) is 24.0 Å². The zero-order valence-electron chi connectivity index (χ0n) is 18.2. The van der Waals surface area contributed by atoms with Crippen molar-refractivity contribution in [3.63, 3.8) is 0 Å². The predicted octanol–water partition coefficient (Wildman–Crippen LogP) is 3.00. The van der Waals surface area contributed by atoms with Crippen LogP contribution in [0.25, 0.3) is 0 Å². The number of guanidine groups is 1. The highest BCUT2D eigenvalue weighted by molar-refractivity contribution is 14.0. The molecule has 1 fully saturated rings. The largest absolute Gasteiger partial charge is 0.466 e. The van der Waals surface area contributed by atoms with Gasteiger partial charge in [0.05, 0.1) is 19.2 Å². The average molecular weight is 524 g/mol. The fraction of sp³-hybridized carbons (Fsp3) is 0.850. The number of carbonyl (C=O) groups excluding carboxylic acids is 2. The molecular formula is C20H37IN4O4. The van der Waals surface area contributed by atoms with Gasteiger partial charge < -0.3 is 24.6 Å². The number of carbonyl (C=O) groups is 2. The fourth-order valence-corrected chi connectivity index (χ4v) is 3.40. The lowest BCUT2D eigenvalue weighted by molar-refractivity contribution is -0.143. The number of fused-ring (bicyclic) bond motifs is 1. The van der Waals surface area contributed by atoms with Gasteiger partial charge in [-0.1, -0.05) is 12.8 Å². The molecule has 1 unspecified atom stereocenters. The number of aliphatic imine (C=N–C) groups is 1. The normalized spacial score (nSPS) is 18.5. The van der Waals surface area contributed by atoms with Gasteiger partial charge in [-0.2, -0.15) is 0 Å². The Hall–Kier alpha value is -1.26. The maximum absolute atomic E-state index is 12.3. The fourth-order valence-electron chi connectivity index (χ4n) is 3.40. The lowest BCUT2D eigenvalue weighted by Crippen LogP contribution is -2.57. The summed E-state index contributed by atoms with van der Waals surface area (Å²) in [4.78, 5) is 32.2. The van der Waals surface area contributed by atoms with E-state index in [-0.39, 0.29) is 42.1 Å². The number of rotatable bonds is 8. The third kappa shape index (κ3) is 8.96. The van der Waals surface area contributed by atoms with Gasteiger partial charge in [-0.3, -0.25) is 9.79 Å². The first kappa shape index (κ1) is 25.8. The number of nitrogens with zero attached hydrogens (tertiary/aromatic N) is 3. The smallest absolute Gasteiger partial charge is 0.410 e. The Morgan fingerprint density at radius 1 is 1.17 bits per heavy atom. The summed E-state index contributed by atoms with van der Waals surface area (Å²) >= 11 is 0. The highest BCUT2D eigenvalue weighted by Gasteiger charge is 2.36. The predicted molar refractivity (Wildman–Crippen MR) is 124 cm³/mol. The highest BCUT2D eigenvalue weighted by atomic mass is 127. The molecule has 168 valence electrons. The van der Waals surface area contributed by atoms with Gasteiger partial charge >= 0.3 is 12.1 Å². The molecule has 0 aromatic heterocycles. The van der Waals surface area contributed by atoms with Crippen LogP contribution in [-0.4, -0.2) is 78.8 Å². The lowest BCUT2D eigenvalue weighted by atomic mass is 10.1. The van der Waals surface area contributed by atoms with Crippen LogP contribution < -0.4 is 5.32 Å². The van der Waals surface area contributed by atoms with E-state index in [0.29, 0.717) is 32.7 Å². The summed E-state index contributed by atoms with van der Waals surface area (Å²) < 4.78 is 10.4. The minimum Gasteiger partial charge on any atom is -0.466 e. The van der Waals surface area contributed by atoms with Gasteiger partial charge in [-0.25, -0.2) is 4.79 Å². The standard InChI is InChI=1S/C20H36N4O4.HI/c1-5-27-17(25)10-8-6-7-9-11-21-18-22-14-16-15-23(12-13-24(16)18)19(26)28-20(2,3)4;/h16H,5-15H2,1-4H3,(H,21,22);1H. The van der Waals surface area contributed by atoms with Crippen molar-refractivity contribution in [3.8, 4) is 0 Å². The van der Waals surface area contributed by atoms with E-state index in [9.17, 15) is 9.59 Å². The van der Waals surface area contributed by atoms with Crippen LogP contribution in [0.2, 0.25) is 0 Å². The number of nitrogens with one attached hydrogen (secondary N) is 1. The van der Waals surface area contributed by atoms with Crippen molar-refractivity contribution in [2.24, 2.45) is 4.99 Å². The Morgan fingerprint density at radius 2 is 1.90 bits per heavy atom. The molecular weight excluding hydrogens is 487 g/mol.